The highest BCUT2D eigenvalue weighted by Gasteiger charge is 2.18. The lowest BCUT2D eigenvalue weighted by molar-refractivity contribution is -0.384. The number of anilines is 1. The standard InChI is InChI=1S/C15H19N3O2S/c1-10-5-6-12(13(7-10)18(19)20)16-8-11-9-17-14(21-11)15(2,3)4/h5-7,9,16H,8H2,1-4H3. The van der Waals surface area contributed by atoms with Crippen LogP contribution in [0.25, 0.3) is 0 Å². The second-order valence-corrected chi connectivity index (χ2v) is 7.13. The summed E-state index contributed by atoms with van der Waals surface area (Å²) in [4.78, 5) is 16.2. The number of rotatable bonds is 4. The summed E-state index contributed by atoms with van der Waals surface area (Å²) in [6.07, 6.45) is 1.83. The zero-order valence-corrected chi connectivity index (χ0v) is 13.5. The van der Waals surface area contributed by atoms with Crippen molar-refractivity contribution in [3.8, 4) is 0 Å². The molecule has 0 atom stereocenters. The van der Waals surface area contributed by atoms with Gasteiger partial charge in [-0.1, -0.05) is 26.8 Å². The van der Waals surface area contributed by atoms with E-state index in [9.17, 15) is 10.1 Å². The lowest BCUT2D eigenvalue weighted by Gasteiger charge is -2.13. The first kappa shape index (κ1) is 15.4. The Hall–Kier alpha value is -1.95. The highest BCUT2D eigenvalue weighted by Crippen LogP contribution is 2.29. The average Bonchev–Trinajstić information content (AvgIpc) is 2.85. The van der Waals surface area contributed by atoms with Crippen LogP contribution in [0, 0.1) is 17.0 Å². The Bertz CT molecular complexity index is 659. The van der Waals surface area contributed by atoms with E-state index in [4.69, 9.17) is 0 Å². The van der Waals surface area contributed by atoms with Gasteiger partial charge in [0.25, 0.3) is 5.69 Å². The number of nitro benzene ring substituents is 1. The molecular formula is C15H19N3O2S. The number of benzene rings is 1. The summed E-state index contributed by atoms with van der Waals surface area (Å²) >= 11 is 1.63. The van der Waals surface area contributed by atoms with Crippen LogP contribution in [0.3, 0.4) is 0 Å². The summed E-state index contributed by atoms with van der Waals surface area (Å²) < 4.78 is 0. The smallest absolute Gasteiger partial charge is 0.292 e. The van der Waals surface area contributed by atoms with E-state index in [-0.39, 0.29) is 16.0 Å². The fourth-order valence-corrected chi connectivity index (χ4v) is 2.77. The number of thiazole rings is 1. The van der Waals surface area contributed by atoms with Crippen LogP contribution in [-0.2, 0) is 12.0 Å². The van der Waals surface area contributed by atoms with Crippen molar-refractivity contribution in [3.05, 3.63) is 50.0 Å². The number of aromatic nitrogens is 1. The zero-order valence-electron chi connectivity index (χ0n) is 12.6. The Morgan fingerprint density at radius 2 is 2.10 bits per heavy atom. The Kier molecular flexibility index (Phi) is 4.27. The molecule has 21 heavy (non-hydrogen) atoms. The van der Waals surface area contributed by atoms with Crippen LogP contribution in [0.1, 0.15) is 36.2 Å². The van der Waals surface area contributed by atoms with E-state index in [0.29, 0.717) is 12.2 Å². The fourth-order valence-electron chi connectivity index (χ4n) is 1.86. The molecule has 0 saturated carbocycles. The second-order valence-electron chi connectivity index (χ2n) is 6.01. The molecule has 0 saturated heterocycles. The molecule has 0 aliphatic rings. The summed E-state index contributed by atoms with van der Waals surface area (Å²) in [5.74, 6) is 0. The molecule has 0 aliphatic carbocycles. The maximum atomic E-state index is 11.1. The normalized spacial score (nSPS) is 11.4. The van der Waals surface area contributed by atoms with E-state index in [1.54, 1.807) is 23.5 Å². The number of hydrogen-bond acceptors (Lipinski definition) is 5. The van der Waals surface area contributed by atoms with Gasteiger partial charge in [0.1, 0.15) is 5.69 Å². The van der Waals surface area contributed by atoms with E-state index < -0.39 is 0 Å². The van der Waals surface area contributed by atoms with Crippen molar-refractivity contribution in [1.82, 2.24) is 4.98 Å². The molecule has 1 heterocycles. The molecule has 2 rings (SSSR count). The average molecular weight is 305 g/mol. The van der Waals surface area contributed by atoms with Crippen molar-refractivity contribution in [2.75, 3.05) is 5.32 Å². The topological polar surface area (TPSA) is 68.1 Å². The van der Waals surface area contributed by atoms with Gasteiger partial charge in [-0.05, 0) is 18.6 Å². The summed E-state index contributed by atoms with van der Waals surface area (Å²) in [5, 5.41) is 15.3. The zero-order chi connectivity index (χ0) is 15.6. The van der Waals surface area contributed by atoms with Crippen LogP contribution in [0.2, 0.25) is 0 Å². The van der Waals surface area contributed by atoms with Crippen LogP contribution < -0.4 is 5.32 Å². The maximum Gasteiger partial charge on any atom is 0.292 e. The van der Waals surface area contributed by atoms with E-state index in [0.717, 1.165) is 15.4 Å². The van der Waals surface area contributed by atoms with Gasteiger partial charge in [-0.15, -0.1) is 11.3 Å². The van der Waals surface area contributed by atoms with Gasteiger partial charge in [-0.3, -0.25) is 10.1 Å². The first-order valence-corrected chi connectivity index (χ1v) is 7.53. The van der Waals surface area contributed by atoms with Crippen molar-refractivity contribution < 1.29 is 4.92 Å². The molecule has 1 aromatic carbocycles. The summed E-state index contributed by atoms with van der Waals surface area (Å²) in [6, 6.07) is 5.19. The summed E-state index contributed by atoms with van der Waals surface area (Å²) in [5.41, 5.74) is 1.55. The molecule has 6 heteroatoms. The lowest BCUT2D eigenvalue weighted by atomic mass is 9.98. The van der Waals surface area contributed by atoms with Gasteiger partial charge in [0.05, 0.1) is 16.5 Å². The molecule has 0 radical (unpaired) electrons. The van der Waals surface area contributed by atoms with Crippen molar-refractivity contribution in [2.45, 2.75) is 39.7 Å². The molecule has 0 aliphatic heterocycles. The van der Waals surface area contributed by atoms with Crippen LogP contribution in [0.4, 0.5) is 11.4 Å². The monoisotopic (exact) mass is 305 g/mol. The number of nitrogens with one attached hydrogen (secondary N) is 1. The third-order valence-corrected chi connectivity index (χ3v) is 4.42. The quantitative estimate of drug-likeness (QED) is 0.676. The highest BCUT2D eigenvalue weighted by molar-refractivity contribution is 7.11. The molecule has 2 aromatic rings. The minimum Gasteiger partial charge on any atom is -0.375 e. The minimum absolute atomic E-state index is 0.0266. The minimum atomic E-state index is -0.359. The van der Waals surface area contributed by atoms with Crippen molar-refractivity contribution in [3.63, 3.8) is 0 Å². The van der Waals surface area contributed by atoms with Gasteiger partial charge in [0.15, 0.2) is 0 Å². The Balaban J connectivity index is 2.13. The third kappa shape index (κ3) is 3.78. The molecule has 1 N–H and O–H groups in total. The van der Waals surface area contributed by atoms with E-state index in [1.807, 2.05) is 19.2 Å². The number of nitro groups is 1. The molecule has 0 bridgehead atoms. The second kappa shape index (κ2) is 5.81. The van der Waals surface area contributed by atoms with E-state index in [1.165, 1.54) is 0 Å². The predicted molar refractivity (Wildman–Crippen MR) is 86.0 cm³/mol. The van der Waals surface area contributed by atoms with Gasteiger partial charge < -0.3 is 5.32 Å². The van der Waals surface area contributed by atoms with Gasteiger partial charge in [0, 0.05) is 22.6 Å². The maximum absolute atomic E-state index is 11.1. The largest absolute Gasteiger partial charge is 0.375 e. The summed E-state index contributed by atoms with van der Waals surface area (Å²) in [7, 11) is 0. The van der Waals surface area contributed by atoms with Crippen LogP contribution in [0.5, 0.6) is 0 Å². The Morgan fingerprint density at radius 1 is 1.38 bits per heavy atom. The van der Waals surface area contributed by atoms with Gasteiger partial charge >= 0.3 is 0 Å². The van der Waals surface area contributed by atoms with Crippen molar-refractivity contribution >= 4 is 22.7 Å². The Labute approximate surface area is 128 Å². The van der Waals surface area contributed by atoms with Crippen molar-refractivity contribution in [2.24, 2.45) is 0 Å². The number of nitrogens with zero attached hydrogens (tertiary/aromatic N) is 2. The third-order valence-electron chi connectivity index (χ3n) is 3.00. The number of aryl methyl sites for hydroxylation is 1. The van der Waals surface area contributed by atoms with Gasteiger partial charge in [-0.2, -0.15) is 0 Å². The van der Waals surface area contributed by atoms with Gasteiger partial charge in [0.2, 0.25) is 0 Å². The van der Waals surface area contributed by atoms with E-state index in [2.05, 4.69) is 31.1 Å². The van der Waals surface area contributed by atoms with Crippen molar-refractivity contribution in [1.29, 1.82) is 0 Å². The molecular weight excluding hydrogens is 286 g/mol. The molecule has 0 amide bonds. The predicted octanol–water partition coefficient (Wildman–Crippen LogP) is 4.27. The number of hydrogen-bond donors (Lipinski definition) is 1. The Morgan fingerprint density at radius 3 is 2.67 bits per heavy atom. The molecule has 1 aromatic heterocycles. The molecule has 5 nitrogen and oxygen atoms in total. The molecule has 0 unspecified atom stereocenters. The SMILES string of the molecule is Cc1ccc(NCc2cnc(C(C)(C)C)s2)c([N+](=O)[O-])c1. The van der Waals surface area contributed by atoms with E-state index >= 15 is 0 Å². The van der Waals surface area contributed by atoms with Crippen LogP contribution >= 0.6 is 11.3 Å². The van der Waals surface area contributed by atoms with Gasteiger partial charge in [-0.25, -0.2) is 4.98 Å². The lowest BCUT2D eigenvalue weighted by Crippen LogP contribution is -2.09. The van der Waals surface area contributed by atoms with Crippen LogP contribution in [0.15, 0.2) is 24.4 Å². The fraction of sp³-hybridized carbons (Fsp3) is 0.400. The molecule has 0 fully saturated rings. The first-order chi connectivity index (χ1) is 9.77. The summed E-state index contributed by atoms with van der Waals surface area (Å²) in [6.45, 7) is 8.74. The first-order valence-electron chi connectivity index (χ1n) is 6.71. The molecule has 0 spiro atoms. The van der Waals surface area contributed by atoms with Crippen LogP contribution in [-0.4, -0.2) is 9.91 Å². The highest BCUT2D eigenvalue weighted by atomic mass is 32.1. The molecule has 112 valence electrons.